The molecule has 1 saturated heterocycles. The summed E-state index contributed by atoms with van der Waals surface area (Å²) in [7, 11) is 2.14. The number of hydrogen-bond donors (Lipinski definition) is 1. The number of anilines is 1. The zero-order valence-electron chi connectivity index (χ0n) is 17.4. The maximum Gasteiger partial charge on any atom is 0.139 e. The van der Waals surface area contributed by atoms with E-state index in [2.05, 4.69) is 23.0 Å². The standard InChI is InChI=1S/C24H26N4O2/c1-16-10-19(5-6-21(16)26)30-23-7-8-27-22-12-24(18(13-25)11-20(22)23)29-15-17-4-3-9-28(2)14-17/h5-8,10-12,17H,3-4,9,14-15,26H2,1-2H3. The van der Waals surface area contributed by atoms with Crippen LogP contribution in [0.3, 0.4) is 0 Å². The van der Waals surface area contributed by atoms with Gasteiger partial charge in [0.05, 0.1) is 17.7 Å². The summed E-state index contributed by atoms with van der Waals surface area (Å²) >= 11 is 0. The second kappa shape index (κ2) is 8.60. The lowest BCUT2D eigenvalue weighted by molar-refractivity contribution is 0.150. The summed E-state index contributed by atoms with van der Waals surface area (Å²) in [5, 5.41) is 10.5. The lowest BCUT2D eigenvalue weighted by Gasteiger charge is -2.29. The van der Waals surface area contributed by atoms with Crippen LogP contribution in [-0.2, 0) is 0 Å². The first-order valence-corrected chi connectivity index (χ1v) is 10.2. The third-order valence-corrected chi connectivity index (χ3v) is 5.59. The third-order valence-electron chi connectivity index (χ3n) is 5.59. The Kier molecular flexibility index (Phi) is 5.73. The minimum atomic E-state index is 0.474. The van der Waals surface area contributed by atoms with Crippen molar-refractivity contribution < 1.29 is 9.47 Å². The summed E-state index contributed by atoms with van der Waals surface area (Å²) < 4.78 is 12.1. The highest BCUT2D eigenvalue weighted by atomic mass is 16.5. The van der Waals surface area contributed by atoms with E-state index in [4.69, 9.17) is 15.2 Å². The average Bonchev–Trinajstić information content (AvgIpc) is 2.74. The number of nitrogens with zero attached hydrogens (tertiary/aromatic N) is 3. The highest BCUT2D eigenvalue weighted by Crippen LogP contribution is 2.34. The van der Waals surface area contributed by atoms with Gasteiger partial charge in [0, 0.05) is 35.8 Å². The molecule has 2 heterocycles. The number of hydrogen-bond acceptors (Lipinski definition) is 6. The van der Waals surface area contributed by atoms with Gasteiger partial charge in [-0.1, -0.05) is 0 Å². The summed E-state index contributed by atoms with van der Waals surface area (Å²) in [4.78, 5) is 6.79. The SMILES string of the molecule is Cc1cc(Oc2ccnc3cc(OCC4CCCN(C)C4)c(C#N)cc23)ccc1N. The lowest BCUT2D eigenvalue weighted by Crippen LogP contribution is -2.34. The first kappa shape index (κ1) is 20.0. The molecule has 0 bridgehead atoms. The molecule has 4 rings (SSSR count). The number of ether oxygens (including phenoxy) is 2. The maximum atomic E-state index is 9.69. The van der Waals surface area contributed by atoms with Crippen molar-refractivity contribution in [2.75, 3.05) is 32.5 Å². The van der Waals surface area contributed by atoms with Crippen LogP contribution >= 0.6 is 0 Å². The number of nitrogens with two attached hydrogens (primary N) is 1. The van der Waals surface area contributed by atoms with E-state index in [1.165, 1.54) is 6.42 Å². The Hall–Kier alpha value is -3.30. The zero-order chi connectivity index (χ0) is 21.1. The van der Waals surface area contributed by atoms with Crippen LogP contribution in [0, 0.1) is 24.2 Å². The van der Waals surface area contributed by atoms with Crippen LogP contribution in [0.25, 0.3) is 10.9 Å². The van der Waals surface area contributed by atoms with Gasteiger partial charge in [0.1, 0.15) is 23.3 Å². The summed E-state index contributed by atoms with van der Waals surface area (Å²) in [6.45, 7) is 4.70. The molecule has 6 heteroatoms. The van der Waals surface area contributed by atoms with Crippen molar-refractivity contribution in [3.05, 3.63) is 53.7 Å². The quantitative estimate of drug-likeness (QED) is 0.632. The third kappa shape index (κ3) is 4.32. The van der Waals surface area contributed by atoms with Gasteiger partial charge in [-0.15, -0.1) is 0 Å². The van der Waals surface area contributed by atoms with Gasteiger partial charge in [-0.25, -0.2) is 0 Å². The van der Waals surface area contributed by atoms with Crippen LogP contribution < -0.4 is 15.2 Å². The van der Waals surface area contributed by atoms with Crippen molar-refractivity contribution in [1.82, 2.24) is 9.88 Å². The van der Waals surface area contributed by atoms with Gasteiger partial charge >= 0.3 is 0 Å². The van der Waals surface area contributed by atoms with Crippen molar-refractivity contribution in [2.24, 2.45) is 5.92 Å². The fourth-order valence-electron chi connectivity index (χ4n) is 3.90. The summed E-state index contributed by atoms with van der Waals surface area (Å²) in [5.41, 5.74) is 8.79. The van der Waals surface area contributed by atoms with E-state index in [1.54, 1.807) is 18.3 Å². The zero-order valence-corrected chi connectivity index (χ0v) is 17.4. The number of nitriles is 1. The number of likely N-dealkylation sites (tertiary alicyclic amines) is 1. The monoisotopic (exact) mass is 402 g/mol. The van der Waals surface area contributed by atoms with Crippen molar-refractivity contribution in [1.29, 1.82) is 5.26 Å². The van der Waals surface area contributed by atoms with Gasteiger partial charge in [0.15, 0.2) is 0 Å². The van der Waals surface area contributed by atoms with Crippen LogP contribution in [0.15, 0.2) is 42.6 Å². The van der Waals surface area contributed by atoms with Crippen molar-refractivity contribution in [3.63, 3.8) is 0 Å². The van der Waals surface area contributed by atoms with E-state index in [9.17, 15) is 5.26 Å². The predicted octanol–water partition coefficient (Wildman–Crippen LogP) is 4.51. The van der Waals surface area contributed by atoms with Crippen LogP contribution in [0.4, 0.5) is 5.69 Å². The van der Waals surface area contributed by atoms with Gasteiger partial charge in [0.25, 0.3) is 0 Å². The molecule has 30 heavy (non-hydrogen) atoms. The van der Waals surface area contributed by atoms with Crippen LogP contribution in [0.5, 0.6) is 17.2 Å². The molecule has 1 aliphatic rings. The molecule has 0 amide bonds. The first-order chi connectivity index (χ1) is 14.5. The van der Waals surface area contributed by atoms with E-state index in [1.807, 2.05) is 31.2 Å². The Labute approximate surface area is 176 Å². The van der Waals surface area contributed by atoms with Gasteiger partial charge in [-0.05, 0) is 69.3 Å². The minimum Gasteiger partial charge on any atom is -0.492 e. The van der Waals surface area contributed by atoms with Crippen LogP contribution in [0.2, 0.25) is 0 Å². The Balaban J connectivity index is 1.60. The van der Waals surface area contributed by atoms with Gasteiger partial charge < -0.3 is 20.1 Å². The molecule has 2 N–H and O–H groups in total. The molecule has 1 fully saturated rings. The van der Waals surface area contributed by atoms with E-state index in [0.717, 1.165) is 41.7 Å². The smallest absolute Gasteiger partial charge is 0.139 e. The highest BCUT2D eigenvalue weighted by molar-refractivity contribution is 5.88. The number of piperidine rings is 1. The summed E-state index contributed by atoms with van der Waals surface area (Å²) in [5.74, 6) is 2.38. The molecular formula is C24H26N4O2. The topological polar surface area (TPSA) is 84.4 Å². The summed E-state index contributed by atoms with van der Waals surface area (Å²) in [6.07, 6.45) is 4.03. The van der Waals surface area contributed by atoms with E-state index in [0.29, 0.717) is 35.3 Å². The largest absolute Gasteiger partial charge is 0.492 e. The molecular weight excluding hydrogens is 376 g/mol. The molecule has 2 aromatic carbocycles. The molecule has 6 nitrogen and oxygen atoms in total. The Morgan fingerprint density at radius 2 is 2.10 bits per heavy atom. The molecule has 154 valence electrons. The second-order valence-electron chi connectivity index (χ2n) is 7.99. The van der Waals surface area contributed by atoms with Crippen molar-refractivity contribution >= 4 is 16.6 Å². The highest BCUT2D eigenvalue weighted by Gasteiger charge is 2.19. The number of aromatic nitrogens is 1. The van der Waals surface area contributed by atoms with E-state index >= 15 is 0 Å². The normalized spacial score (nSPS) is 16.9. The second-order valence-corrected chi connectivity index (χ2v) is 7.99. The van der Waals surface area contributed by atoms with Gasteiger partial charge in [-0.3, -0.25) is 4.98 Å². The van der Waals surface area contributed by atoms with Crippen LogP contribution in [-0.4, -0.2) is 36.6 Å². The number of aryl methyl sites for hydroxylation is 1. The molecule has 0 saturated carbocycles. The minimum absolute atomic E-state index is 0.474. The Morgan fingerprint density at radius 3 is 2.87 bits per heavy atom. The van der Waals surface area contributed by atoms with Crippen molar-refractivity contribution in [3.8, 4) is 23.3 Å². The maximum absolute atomic E-state index is 9.69. The number of fused-ring (bicyclic) bond motifs is 1. The van der Waals surface area contributed by atoms with E-state index < -0.39 is 0 Å². The Morgan fingerprint density at radius 1 is 1.23 bits per heavy atom. The molecule has 1 aliphatic heterocycles. The fraction of sp³-hybridized carbons (Fsp3) is 0.333. The summed E-state index contributed by atoms with van der Waals surface area (Å²) in [6, 6.07) is 13.2. The Bertz CT molecular complexity index is 1110. The number of benzene rings is 2. The molecule has 3 aromatic rings. The number of nitrogen functional groups attached to an aromatic ring is 1. The predicted molar refractivity (Wildman–Crippen MR) is 118 cm³/mol. The van der Waals surface area contributed by atoms with Gasteiger partial charge in [0.2, 0.25) is 0 Å². The number of pyridine rings is 1. The average molecular weight is 402 g/mol. The fourth-order valence-corrected chi connectivity index (χ4v) is 3.90. The molecule has 1 unspecified atom stereocenters. The number of rotatable bonds is 5. The first-order valence-electron chi connectivity index (χ1n) is 10.2. The molecule has 0 radical (unpaired) electrons. The van der Waals surface area contributed by atoms with Crippen LogP contribution in [0.1, 0.15) is 24.0 Å². The van der Waals surface area contributed by atoms with E-state index in [-0.39, 0.29) is 0 Å². The van der Waals surface area contributed by atoms with Gasteiger partial charge in [-0.2, -0.15) is 5.26 Å². The molecule has 0 aliphatic carbocycles. The van der Waals surface area contributed by atoms with Crippen molar-refractivity contribution in [2.45, 2.75) is 19.8 Å². The lowest BCUT2D eigenvalue weighted by atomic mass is 9.99. The molecule has 1 aromatic heterocycles. The molecule has 1 atom stereocenters. The molecule has 0 spiro atoms.